The summed E-state index contributed by atoms with van der Waals surface area (Å²) >= 11 is 0. The number of carbonyl (C=O) groups is 1. The van der Waals surface area contributed by atoms with E-state index in [1.54, 1.807) is 20.2 Å². The zero-order valence-electron chi connectivity index (χ0n) is 19.4. The minimum atomic E-state index is -0.111. The van der Waals surface area contributed by atoms with E-state index in [9.17, 15) is 4.79 Å². The number of ether oxygens (including phenoxy) is 3. The van der Waals surface area contributed by atoms with Crippen molar-refractivity contribution in [1.29, 1.82) is 0 Å². The van der Waals surface area contributed by atoms with Crippen LogP contribution in [0.2, 0.25) is 0 Å². The number of rotatable bonds is 12. The molecule has 0 aliphatic carbocycles. The van der Waals surface area contributed by atoms with Crippen LogP contribution >= 0.6 is 0 Å². The molecule has 0 aromatic heterocycles. The Morgan fingerprint density at radius 1 is 1.03 bits per heavy atom. The van der Waals surface area contributed by atoms with Crippen molar-refractivity contribution in [2.45, 2.75) is 26.7 Å². The average molecular weight is 443 g/mol. The summed E-state index contributed by atoms with van der Waals surface area (Å²) in [7, 11) is 3.39. The van der Waals surface area contributed by atoms with Crippen molar-refractivity contribution >= 4 is 17.6 Å². The Bertz CT molecular complexity index is 886. The number of nitrogens with one attached hydrogen (secondary N) is 3. The smallest absolute Gasteiger partial charge is 0.221 e. The Morgan fingerprint density at radius 2 is 1.84 bits per heavy atom. The van der Waals surface area contributed by atoms with Crippen LogP contribution in [-0.2, 0) is 11.2 Å². The third-order valence-corrected chi connectivity index (χ3v) is 4.50. The first-order chi connectivity index (χ1) is 15.5. The van der Waals surface area contributed by atoms with Crippen LogP contribution in [0.25, 0.3) is 0 Å². The van der Waals surface area contributed by atoms with E-state index in [2.05, 4.69) is 27.0 Å². The first-order valence-corrected chi connectivity index (χ1v) is 10.8. The number of aryl methyl sites for hydroxylation is 1. The van der Waals surface area contributed by atoms with Crippen LogP contribution in [0.5, 0.6) is 17.2 Å². The summed E-state index contributed by atoms with van der Waals surface area (Å²) in [6.45, 7) is 5.90. The number of aliphatic imine (C=N–C) groups is 1. The fraction of sp³-hybridized carbons (Fsp3) is 0.417. The van der Waals surface area contributed by atoms with Crippen LogP contribution in [0.1, 0.15) is 25.8 Å². The van der Waals surface area contributed by atoms with Gasteiger partial charge in [0.1, 0.15) is 12.4 Å². The lowest BCUT2D eigenvalue weighted by molar-refractivity contribution is -0.114. The second kappa shape index (κ2) is 13.8. The quantitative estimate of drug-likeness (QED) is 0.266. The molecule has 0 atom stereocenters. The van der Waals surface area contributed by atoms with E-state index >= 15 is 0 Å². The Morgan fingerprint density at radius 3 is 2.56 bits per heavy atom. The SMILES string of the molecule is CCOc1cc(CCCNC(=NC)NCCOc2cccc(NC(C)=O)c2)ccc1OC. The molecule has 0 saturated heterocycles. The summed E-state index contributed by atoms with van der Waals surface area (Å²) in [5.74, 6) is 2.85. The van der Waals surface area contributed by atoms with Crippen LogP contribution in [0.15, 0.2) is 47.5 Å². The minimum Gasteiger partial charge on any atom is -0.493 e. The zero-order chi connectivity index (χ0) is 23.2. The third-order valence-electron chi connectivity index (χ3n) is 4.50. The maximum atomic E-state index is 11.2. The Kier molecular flexibility index (Phi) is 10.7. The average Bonchev–Trinajstić information content (AvgIpc) is 2.78. The molecule has 1 amide bonds. The van der Waals surface area contributed by atoms with Crippen molar-refractivity contribution < 1.29 is 19.0 Å². The molecule has 0 fully saturated rings. The lowest BCUT2D eigenvalue weighted by Crippen LogP contribution is -2.39. The van der Waals surface area contributed by atoms with Gasteiger partial charge in [0.25, 0.3) is 0 Å². The van der Waals surface area contributed by atoms with Gasteiger partial charge in [-0.15, -0.1) is 0 Å². The number of nitrogens with zero attached hydrogens (tertiary/aromatic N) is 1. The molecule has 2 rings (SSSR count). The molecule has 2 aromatic rings. The normalized spacial score (nSPS) is 10.9. The predicted molar refractivity (Wildman–Crippen MR) is 128 cm³/mol. The number of methoxy groups -OCH3 is 1. The van der Waals surface area contributed by atoms with Gasteiger partial charge in [-0.1, -0.05) is 12.1 Å². The summed E-state index contributed by atoms with van der Waals surface area (Å²) < 4.78 is 16.7. The Balaban J connectivity index is 1.68. The second-order valence-electron chi connectivity index (χ2n) is 7.01. The van der Waals surface area contributed by atoms with Gasteiger partial charge >= 0.3 is 0 Å². The van der Waals surface area contributed by atoms with Crippen molar-refractivity contribution in [2.24, 2.45) is 4.99 Å². The lowest BCUT2D eigenvalue weighted by Gasteiger charge is -2.13. The van der Waals surface area contributed by atoms with Gasteiger partial charge in [0, 0.05) is 32.3 Å². The molecule has 0 saturated carbocycles. The summed E-state index contributed by atoms with van der Waals surface area (Å²) in [5.41, 5.74) is 1.92. The maximum Gasteiger partial charge on any atom is 0.221 e. The summed E-state index contributed by atoms with van der Waals surface area (Å²) in [5, 5.41) is 9.29. The van der Waals surface area contributed by atoms with E-state index in [-0.39, 0.29) is 5.91 Å². The molecule has 3 N–H and O–H groups in total. The predicted octanol–water partition coefficient (Wildman–Crippen LogP) is 3.23. The number of hydrogen-bond acceptors (Lipinski definition) is 5. The molecule has 174 valence electrons. The first-order valence-electron chi connectivity index (χ1n) is 10.8. The molecule has 0 aliphatic heterocycles. The minimum absolute atomic E-state index is 0.111. The van der Waals surface area contributed by atoms with Gasteiger partial charge < -0.3 is 30.2 Å². The molecule has 0 heterocycles. The van der Waals surface area contributed by atoms with Gasteiger partial charge in [0.05, 0.1) is 20.3 Å². The van der Waals surface area contributed by atoms with Gasteiger partial charge in [-0.2, -0.15) is 0 Å². The van der Waals surface area contributed by atoms with Gasteiger partial charge in [0.2, 0.25) is 5.91 Å². The fourth-order valence-electron chi connectivity index (χ4n) is 3.07. The van der Waals surface area contributed by atoms with Crippen molar-refractivity contribution in [3.63, 3.8) is 0 Å². The highest BCUT2D eigenvalue weighted by molar-refractivity contribution is 5.88. The molecule has 8 heteroatoms. The molecule has 0 spiro atoms. The molecule has 32 heavy (non-hydrogen) atoms. The van der Waals surface area contributed by atoms with Gasteiger partial charge in [-0.3, -0.25) is 9.79 Å². The molecule has 2 aromatic carbocycles. The molecular weight excluding hydrogens is 408 g/mol. The van der Waals surface area contributed by atoms with Gasteiger partial charge in [0.15, 0.2) is 17.5 Å². The van der Waals surface area contributed by atoms with E-state index in [4.69, 9.17) is 14.2 Å². The number of carbonyl (C=O) groups excluding carboxylic acids is 1. The van der Waals surface area contributed by atoms with Crippen molar-refractivity contribution in [3.05, 3.63) is 48.0 Å². The lowest BCUT2D eigenvalue weighted by atomic mass is 10.1. The summed E-state index contributed by atoms with van der Waals surface area (Å²) in [4.78, 5) is 15.4. The number of hydrogen-bond donors (Lipinski definition) is 3. The van der Waals surface area contributed by atoms with E-state index in [0.29, 0.717) is 31.2 Å². The topological polar surface area (TPSA) is 93.2 Å². The highest BCUT2D eigenvalue weighted by Crippen LogP contribution is 2.28. The highest BCUT2D eigenvalue weighted by atomic mass is 16.5. The molecular formula is C24H34N4O4. The van der Waals surface area contributed by atoms with E-state index < -0.39 is 0 Å². The number of amides is 1. The zero-order valence-corrected chi connectivity index (χ0v) is 19.4. The summed E-state index contributed by atoms with van der Waals surface area (Å²) in [6, 6.07) is 13.4. The standard InChI is InChI=1S/C24H34N4O4/c1-5-31-23-16-19(11-12-22(23)30-4)8-7-13-26-24(25-3)27-14-15-32-21-10-6-9-20(17-21)28-18(2)29/h6,9-12,16-17H,5,7-8,13-15H2,1-4H3,(H,28,29)(H2,25,26,27). The maximum absolute atomic E-state index is 11.2. The van der Waals surface area contributed by atoms with Crippen molar-refractivity contribution in [3.8, 4) is 17.2 Å². The van der Waals surface area contributed by atoms with E-state index in [1.807, 2.05) is 37.3 Å². The first kappa shape index (κ1) is 24.8. The monoisotopic (exact) mass is 442 g/mol. The van der Waals surface area contributed by atoms with Gasteiger partial charge in [-0.25, -0.2) is 0 Å². The number of benzene rings is 2. The molecule has 0 unspecified atom stereocenters. The molecule has 0 aliphatic rings. The number of guanidine groups is 1. The molecule has 0 radical (unpaired) electrons. The third kappa shape index (κ3) is 8.75. The molecule has 0 bridgehead atoms. The van der Waals surface area contributed by atoms with E-state index in [0.717, 1.165) is 36.8 Å². The molecule has 8 nitrogen and oxygen atoms in total. The van der Waals surface area contributed by atoms with Crippen LogP contribution < -0.4 is 30.2 Å². The summed E-state index contributed by atoms with van der Waals surface area (Å²) in [6.07, 6.45) is 1.87. The Hall–Kier alpha value is -3.42. The van der Waals surface area contributed by atoms with Crippen molar-refractivity contribution in [2.75, 3.05) is 45.8 Å². The van der Waals surface area contributed by atoms with Crippen LogP contribution in [-0.4, -0.2) is 52.3 Å². The second-order valence-corrected chi connectivity index (χ2v) is 7.01. The van der Waals surface area contributed by atoms with Crippen molar-refractivity contribution in [1.82, 2.24) is 10.6 Å². The largest absolute Gasteiger partial charge is 0.493 e. The van der Waals surface area contributed by atoms with Crippen LogP contribution in [0.4, 0.5) is 5.69 Å². The fourth-order valence-corrected chi connectivity index (χ4v) is 3.07. The van der Waals surface area contributed by atoms with E-state index in [1.165, 1.54) is 12.5 Å². The van der Waals surface area contributed by atoms with Gasteiger partial charge in [-0.05, 0) is 49.6 Å². The van der Waals surface area contributed by atoms with Crippen LogP contribution in [0, 0.1) is 0 Å². The highest BCUT2D eigenvalue weighted by Gasteiger charge is 2.06. The van der Waals surface area contributed by atoms with Crippen LogP contribution in [0.3, 0.4) is 0 Å². The number of anilines is 1. The Labute approximate surface area is 190 Å².